The van der Waals surface area contributed by atoms with Gasteiger partial charge in [0.15, 0.2) is 12.2 Å². The molecule has 0 aliphatic carbocycles. The zero-order valence-electron chi connectivity index (χ0n) is 66.8. The molecule has 0 saturated heterocycles. The molecule has 5 atom stereocenters. The third-order valence-corrected chi connectivity index (χ3v) is 21.4. The van der Waals surface area contributed by atoms with Crippen molar-refractivity contribution < 1.29 is 80.2 Å². The van der Waals surface area contributed by atoms with Crippen molar-refractivity contribution in [3.05, 3.63) is 0 Å². The standard InChI is InChI=1S/C83H162O17P2/c1-6-9-12-15-18-21-24-26-28-30-31-32-34-36-38-43-48-53-58-63-68-82(87)100-79(73-94-81(86)67-62-57-52-47-42-37-35-33-29-27-25-22-19-16-13-10-7-2)75-98-102(91,92)96-71-77(84)70-95-101(89,90)97-74-78(72-93-80(85)66-61-56-51-46-23-20-17-14-11-8-3)99-83(88)69-64-59-54-49-44-40-39-41-45-50-55-60-65-76(4)5/h76-79,84H,6-75H2,1-5H3,(H,89,90)(H,91,92)/t77-,78+,79+/m0/s1. The summed E-state index contributed by atoms with van der Waals surface area (Å²) in [5.41, 5.74) is 0. The van der Waals surface area contributed by atoms with Crippen LogP contribution in [-0.2, 0) is 65.4 Å². The van der Waals surface area contributed by atoms with E-state index in [9.17, 15) is 43.2 Å². The van der Waals surface area contributed by atoms with Crippen molar-refractivity contribution in [1.29, 1.82) is 0 Å². The van der Waals surface area contributed by atoms with Crippen LogP contribution in [0.25, 0.3) is 0 Å². The number of hydrogen-bond acceptors (Lipinski definition) is 15. The zero-order valence-corrected chi connectivity index (χ0v) is 68.5. The molecule has 2 unspecified atom stereocenters. The van der Waals surface area contributed by atoms with Crippen LogP contribution in [0.5, 0.6) is 0 Å². The molecule has 0 fully saturated rings. The predicted molar refractivity (Wildman–Crippen MR) is 418 cm³/mol. The molecule has 0 bridgehead atoms. The number of phosphoric acid groups is 2. The lowest BCUT2D eigenvalue weighted by atomic mass is 10.0. The van der Waals surface area contributed by atoms with E-state index in [0.29, 0.717) is 25.7 Å². The Morgan fingerprint density at radius 2 is 0.451 bits per heavy atom. The fraction of sp³-hybridized carbons (Fsp3) is 0.952. The highest BCUT2D eigenvalue weighted by molar-refractivity contribution is 7.47. The van der Waals surface area contributed by atoms with E-state index in [-0.39, 0.29) is 25.7 Å². The lowest BCUT2D eigenvalue weighted by Crippen LogP contribution is -2.30. The summed E-state index contributed by atoms with van der Waals surface area (Å²) in [6.07, 6.45) is 68.0. The minimum Gasteiger partial charge on any atom is -0.462 e. The van der Waals surface area contributed by atoms with Crippen molar-refractivity contribution in [3.8, 4) is 0 Å². The second-order valence-corrected chi connectivity index (χ2v) is 33.3. The first kappa shape index (κ1) is 100. The molecule has 0 aliphatic rings. The summed E-state index contributed by atoms with van der Waals surface area (Å²) in [6.45, 7) is 7.35. The van der Waals surface area contributed by atoms with E-state index in [1.54, 1.807) is 0 Å². The van der Waals surface area contributed by atoms with Gasteiger partial charge in [0.2, 0.25) is 0 Å². The van der Waals surface area contributed by atoms with E-state index < -0.39 is 97.5 Å². The number of carbonyl (C=O) groups is 4. The molecule has 606 valence electrons. The van der Waals surface area contributed by atoms with Gasteiger partial charge >= 0.3 is 39.5 Å². The number of ether oxygens (including phenoxy) is 4. The maximum Gasteiger partial charge on any atom is 0.472 e. The predicted octanol–water partition coefficient (Wildman–Crippen LogP) is 25.2. The van der Waals surface area contributed by atoms with E-state index in [4.69, 9.17) is 37.0 Å². The van der Waals surface area contributed by atoms with Crippen LogP contribution in [0.1, 0.15) is 446 Å². The molecule has 0 heterocycles. The molecule has 0 aromatic carbocycles. The van der Waals surface area contributed by atoms with Gasteiger partial charge in [-0.15, -0.1) is 0 Å². The van der Waals surface area contributed by atoms with Crippen molar-refractivity contribution in [1.82, 2.24) is 0 Å². The largest absolute Gasteiger partial charge is 0.472 e. The Kier molecular flexibility index (Phi) is 74.4. The van der Waals surface area contributed by atoms with Gasteiger partial charge in [-0.05, 0) is 31.6 Å². The first-order valence-electron chi connectivity index (χ1n) is 43.1. The van der Waals surface area contributed by atoms with Gasteiger partial charge in [-0.2, -0.15) is 0 Å². The van der Waals surface area contributed by atoms with Gasteiger partial charge in [0, 0.05) is 25.7 Å². The molecule has 17 nitrogen and oxygen atoms in total. The molecule has 0 aromatic heterocycles. The van der Waals surface area contributed by atoms with Gasteiger partial charge in [-0.1, -0.05) is 394 Å². The minimum atomic E-state index is -4.96. The third-order valence-electron chi connectivity index (χ3n) is 19.5. The van der Waals surface area contributed by atoms with Crippen LogP contribution >= 0.6 is 15.6 Å². The first-order chi connectivity index (χ1) is 49.5. The van der Waals surface area contributed by atoms with E-state index >= 15 is 0 Å². The highest BCUT2D eigenvalue weighted by atomic mass is 31.2. The van der Waals surface area contributed by atoms with Gasteiger partial charge in [-0.3, -0.25) is 37.3 Å². The second-order valence-electron chi connectivity index (χ2n) is 30.3. The van der Waals surface area contributed by atoms with Gasteiger partial charge in [0.1, 0.15) is 19.3 Å². The van der Waals surface area contributed by atoms with Gasteiger partial charge in [-0.25, -0.2) is 9.13 Å². The van der Waals surface area contributed by atoms with Gasteiger partial charge in [0.05, 0.1) is 26.4 Å². The first-order valence-corrected chi connectivity index (χ1v) is 46.1. The maximum atomic E-state index is 13.1. The monoisotopic (exact) mass is 1490 g/mol. The Bertz CT molecular complexity index is 1940. The lowest BCUT2D eigenvalue weighted by Gasteiger charge is -2.21. The molecule has 19 heteroatoms. The molecule has 0 amide bonds. The Balaban J connectivity index is 5.23. The normalized spacial score (nSPS) is 13.8. The lowest BCUT2D eigenvalue weighted by molar-refractivity contribution is -0.161. The molecule has 3 N–H and O–H groups in total. The average Bonchev–Trinajstić information content (AvgIpc) is 1.75. The Morgan fingerprint density at radius 1 is 0.265 bits per heavy atom. The van der Waals surface area contributed by atoms with Gasteiger partial charge < -0.3 is 33.8 Å². The Hall–Kier alpha value is -1.94. The summed E-state index contributed by atoms with van der Waals surface area (Å²) in [4.78, 5) is 73.1. The van der Waals surface area contributed by atoms with Crippen molar-refractivity contribution in [2.24, 2.45) is 5.92 Å². The second kappa shape index (κ2) is 75.9. The highest BCUT2D eigenvalue weighted by Crippen LogP contribution is 2.45. The Labute approximate surface area is 626 Å². The summed E-state index contributed by atoms with van der Waals surface area (Å²) in [5.74, 6) is -1.33. The number of hydrogen-bond donors (Lipinski definition) is 3. The molecule has 0 rings (SSSR count). The van der Waals surface area contributed by atoms with E-state index in [1.807, 2.05) is 0 Å². The van der Waals surface area contributed by atoms with Crippen LogP contribution in [0.4, 0.5) is 0 Å². The molecule has 0 aliphatic heterocycles. The van der Waals surface area contributed by atoms with Crippen LogP contribution < -0.4 is 0 Å². The van der Waals surface area contributed by atoms with Crippen LogP contribution in [-0.4, -0.2) is 96.7 Å². The molecule has 102 heavy (non-hydrogen) atoms. The fourth-order valence-corrected chi connectivity index (χ4v) is 14.5. The van der Waals surface area contributed by atoms with Crippen molar-refractivity contribution >= 4 is 39.5 Å². The number of phosphoric ester groups is 2. The Morgan fingerprint density at radius 3 is 0.667 bits per heavy atom. The number of esters is 4. The van der Waals surface area contributed by atoms with Crippen molar-refractivity contribution in [3.63, 3.8) is 0 Å². The number of carbonyl (C=O) groups excluding carboxylic acids is 4. The van der Waals surface area contributed by atoms with Crippen LogP contribution in [0.3, 0.4) is 0 Å². The van der Waals surface area contributed by atoms with E-state index in [0.717, 1.165) is 95.8 Å². The SMILES string of the molecule is CCCCCCCCCCCCCCCCCCCCCCC(=O)O[C@H](COC(=O)CCCCCCCCCCCCCCCCCCC)COP(=O)(O)OC[C@@H](O)COP(=O)(O)OC[C@@H](COC(=O)CCCCCCCCCCCC)OC(=O)CCCCCCCCCCCCCCC(C)C. The molecular weight excluding hydrogens is 1330 g/mol. The molecule has 0 radical (unpaired) electrons. The van der Waals surface area contributed by atoms with Crippen LogP contribution in [0.15, 0.2) is 0 Å². The summed E-state index contributed by atoms with van der Waals surface area (Å²) < 4.78 is 68.8. The highest BCUT2D eigenvalue weighted by Gasteiger charge is 2.30. The minimum absolute atomic E-state index is 0.107. The number of unbranched alkanes of at least 4 members (excludes halogenated alkanes) is 55. The van der Waals surface area contributed by atoms with Gasteiger partial charge in [0.25, 0.3) is 0 Å². The smallest absolute Gasteiger partial charge is 0.462 e. The number of aliphatic hydroxyl groups is 1. The molecule has 0 aromatic rings. The summed E-state index contributed by atoms with van der Waals surface area (Å²) in [5, 5.41) is 10.7. The molecule has 0 saturated carbocycles. The van der Waals surface area contributed by atoms with Crippen molar-refractivity contribution in [2.75, 3.05) is 39.6 Å². The van der Waals surface area contributed by atoms with E-state index in [2.05, 4.69) is 34.6 Å². The summed E-state index contributed by atoms with van der Waals surface area (Å²) >= 11 is 0. The maximum absolute atomic E-state index is 13.1. The fourth-order valence-electron chi connectivity index (χ4n) is 12.9. The van der Waals surface area contributed by atoms with Crippen molar-refractivity contribution in [2.45, 2.75) is 464 Å². The third kappa shape index (κ3) is 76.3. The van der Waals surface area contributed by atoms with Crippen LogP contribution in [0.2, 0.25) is 0 Å². The molecule has 0 spiro atoms. The number of aliphatic hydroxyl groups excluding tert-OH is 1. The quantitative estimate of drug-likeness (QED) is 0.0222. The van der Waals surface area contributed by atoms with E-state index in [1.165, 1.54) is 270 Å². The summed E-state index contributed by atoms with van der Waals surface area (Å²) in [6, 6.07) is 0. The molecular formula is C83H162O17P2. The average molecular weight is 1490 g/mol. The summed E-state index contributed by atoms with van der Waals surface area (Å²) in [7, 11) is -9.92. The zero-order chi connectivity index (χ0) is 74.8. The number of rotatable bonds is 83. The topological polar surface area (TPSA) is 237 Å². The van der Waals surface area contributed by atoms with Crippen LogP contribution in [0, 0.1) is 5.92 Å².